The molecule has 2 aliphatic heterocycles. The molecule has 0 aliphatic carbocycles. The molecule has 2 aromatic rings. The Morgan fingerprint density at radius 1 is 1.10 bits per heavy atom. The molecule has 0 atom stereocenters. The number of carbonyl (C=O) groups excluding carboxylic acids is 2. The second kappa shape index (κ2) is 8.61. The maximum Gasteiger partial charge on any atom is 0.253 e. The SMILES string of the molecule is COc1ccc2c(c1)OC1(CCN(C(=O)c3ccc(OCC(C)C)cc3)CC1)CC2=O. The zero-order valence-electron chi connectivity index (χ0n) is 18.3. The van der Waals surface area contributed by atoms with Gasteiger partial charge in [-0.2, -0.15) is 0 Å². The summed E-state index contributed by atoms with van der Waals surface area (Å²) >= 11 is 0. The number of amides is 1. The van der Waals surface area contributed by atoms with Crippen LogP contribution in [0.2, 0.25) is 0 Å². The minimum Gasteiger partial charge on any atom is -0.497 e. The van der Waals surface area contributed by atoms with Gasteiger partial charge in [0, 0.05) is 37.6 Å². The number of ketones is 1. The molecule has 0 aromatic heterocycles. The van der Waals surface area contributed by atoms with Crippen molar-refractivity contribution in [3.63, 3.8) is 0 Å². The third-order valence-electron chi connectivity index (χ3n) is 5.94. The first kappa shape index (κ1) is 21.2. The average Bonchev–Trinajstić information content (AvgIpc) is 2.77. The number of methoxy groups -OCH3 is 1. The van der Waals surface area contributed by atoms with Crippen molar-refractivity contribution >= 4 is 11.7 Å². The molecule has 31 heavy (non-hydrogen) atoms. The molecule has 2 aromatic carbocycles. The monoisotopic (exact) mass is 423 g/mol. The number of rotatable bonds is 5. The maximum atomic E-state index is 13.0. The van der Waals surface area contributed by atoms with Gasteiger partial charge in [-0.3, -0.25) is 9.59 Å². The molecule has 1 fully saturated rings. The van der Waals surface area contributed by atoms with Crippen LogP contribution in [0, 0.1) is 5.92 Å². The summed E-state index contributed by atoms with van der Waals surface area (Å²) in [6, 6.07) is 12.6. The highest BCUT2D eigenvalue weighted by Crippen LogP contribution is 2.41. The van der Waals surface area contributed by atoms with Gasteiger partial charge in [0.15, 0.2) is 5.78 Å². The standard InChI is InChI=1S/C25H29NO5/c1-17(2)16-30-19-6-4-18(5-7-19)24(28)26-12-10-25(11-13-26)15-22(27)21-9-8-20(29-3)14-23(21)31-25/h4-9,14,17H,10-13,15-16H2,1-3H3. The van der Waals surface area contributed by atoms with Gasteiger partial charge in [0.05, 0.1) is 25.7 Å². The van der Waals surface area contributed by atoms with E-state index >= 15 is 0 Å². The number of Topliss-reactive ketones (excluding diaryl/α,β-unsaturated/α-hetero) is 1. The number of nitrogens with zero attached hydrogens (tertiary/aromatic N) is 1. The van der Waals surface area contributed by atoms with Gasteiger partial charge in [-0.15, -0.1) is 0 Å². The number of hydrogen-bond donors (Lipinski definition) is 0. The summed E-state index contributed by atoms with van der Waals surface area (Å²) in [7, 11) is 1.59. The van der Waals surface area contributed by atoms with Crippen LogP contribution in [-0.4, -0.2) is 49.0 Å². The number of benzene rings is 2. The van der Waals surface area contributed by atoms with Crippen LogP contribution in [0.3, 0.4) is 0 Å². The van der Waals surface area contributed by atoms with Crippen molar-refractivity contribution in [2.24, 2.45) is 5.92 Å². The summed E-state index contributed by atoms with van der Waals surface area (Å²) in [6.07, 6.45) is 1.59. The Morgan fingerprint density at radius 3 is 2.42 bits per heavy atom. The van der Waals surface area contributed by atoms with E-state index in [1.807, 2.05) is 29.2 Å². The normalized spacial score (nSPS) is 17.3. The third-order valence-corrected chi connectivity index (χ3v) is 5.94. The van der Waals surface area contributed by atoms with Gasteiger partial charge in [0.2, 0.25) is 0 Å². The lowest BCUT2D eigenvalue weighted by atomic mass is 9.82. The smallest absolute Gasteiger partial charge is 0.253 e. The Hall–Kier alpha value is -3.02. The first-order chi connectivity index (χ1) is 14.9. The Balaban J connectivity index is 1.40. The van der Waals surface area contributed by atoms with E-state index in [4.69, 9.17) is 14.2 Å². The van der Waals surface area contributed by atoms with Crippen molar-refractivity contribution in [2.75, 3.05) is 26.8 Å². The van der Waals surface area contributed by atoms with E-state index in [-0.39, 0.29) is 11.7 Å². The van der Waals surface area contributed by atoms with Crippen LogP contribution in [0.15, 0.2) is 42.5 Å². The van der Waals surface area contributed by atoms with E-state index in [1.54, 1.807) is 25.3 Å². The summed E-state index contributed by atoms with van der Waals surface area (Å²) in [5.74, 6) is 2.54. The van der Waals surface area contributed by atoms with Gasteiger partial charge in [-0.05, 0) is 42.3 Å². The summed E-state index contributed by atoms with van der Waals surface area (Å²) < 4.78 is 17.3. The predicted molar refractivity (Wildman–Crippen MR) is 117 cm³/mol. The molecule has 0 radical (unpaired) electrons. The molecule has 1 saturated heterocycles. The van der Waals surface area contributed by atoms with Crippen LogP contribution < -0.4 is 14.2 Å². The van der Waals surface area contributed by atoms with Gasteiger partial charge in [0.25, 0.3) is 5.91 Å². The molecular weight excluding hydrogens is 394 g/mol. The second-order valence-corrected chi connectivity index (χ2v) is 8.77. The van der Waals surface area contributed by atoms with Crippen molar-refractivity contribution in [3.05, 3.63) is 53.6 Å². The van der Waals surface area contributed by atoms with Crippen molar-refractivity contribution in [2.45, 2.75) is 38.7 Å². The zero-order valence-corrected chi connectivity index (χ0v) is 18.3. The van der Waals surface area contributed by atoms with Gasteiger partial charge < -0.3 is 19.1 Å². The molecule has 0 unspecified atom stereocenters. The van der Waals surface area contributed by atoms with Crippen LogP contribution in [0.4, 0.5) is 0 Å². The molecule has 2 heterocycles. The Bertz CT molecular complexity index is 958. The Morgan fingerprint density at radius 2 is 1.77 bits per heavy atom. The second-order valence-electron chi connectivity index (χ2n) is 8.77. The third kappa shape index (κ3) is 4.53. The molecular formula is C25H29NO5. The van der Waals surface area contributed by atoms with Crippen LogP contribution in [-0.2, 0) is 0 Å². The molecule has 1 spiro atoms. The lowest BCUT2D eigenvalue weighted by Gasteiger charge is -2.44. The molecule has 0 N–H and O–H groups in total. The van der Waals surface area contributed by atoms with Crippen molar-refractivity contribution in [1.82, 2.24) is 4.90 Å². The fourth-order valence-corrected chi connectivity index (χ4v) is 4.14. The molecule has 164 valence electrons. The Labute approximate surface area is 183 Å². The van der Waals surface area contributed by atoms with Crippen LogP contribution in [0.1, 0.15) is 53.8 Å². The molecule has 6 heteroatoms. The van der Waals surface area contributed by atoms with Crippen molar-refractivity contribution in [3.8, 4) is 17.2 Å². The number of carbonyl (C=O) groups is 2. The fraction of sp³-hybridized carbons (Fsp3) is 0.440. The van der Waals surface area contributed by atoms with Crippen LogP contribution in [0.5, 0.6) is 17.2 Å². The fourth-order valence-electron chi connectivity index (χ4n) is 4.14. The van der Waals surface area contributed by atoms with Gasteiger partial charge in [-0.25, -0.2) is 0 Å². The molecule has 2 aliphatic rings. The van der Waals surface area contributed by atoms with Gasteiger partial charge in [0.1, 0.15) is 22.8 Å². The summed E-state index contributed by atoms with van der Waals surface area (Å²) in [5, 5.41) is 0. The summed E-state index contributed by atoms with van der Waals surface area (Å²) in [5.41, 5.74) is 0.690. The van der Waals surface area contributed by atoms with Crippen LogP contribution >= 0.6 is 0 Å². The number of likely N-dealkylation sites (tertiary alicyclic amines) is 1. The van der Waals surface area contributed by atoms with E-state index in [0.29, 0.717) is 67.5 Å². The minimum atomic E-state index is -0.554. The van der Waals surface area contributed by atoms with Crippen LogP contribution in [0.25, 0.3) is 0 Å². The average molecular weight is 424 g/mol. The highest BCUT2D eigenvalue weighted by molar-refractivity contribution is 6.00. The number of ether oxygens (including phenoxy) is 3. The predicted octanol–water partition coefficient (Wildman–Crippen LogP) is 4.37. The van der Waals surface area contributed by atoms with Gasteiger partial charge >= 0.3 is 0 Å². The highest BCUT2D eigenvalue weighted by atomic mass is 16.5. The van der Waals surface area contributed by atoms with E-state index in [9.17, 15) is 9.59 Å². The van der Waals surface area contributed by atoms with Gasteiger partial charge in [-0.1, -0.05) is 13.8 Å². The molecule has 0 bridgehead atoms. The maximum absolute atomic E-state index is 13.0. The van der Waals surface area contributed by atoms with E-state index in [2.05, 4.69) is 13.8 Å². The molecule has 6 nitrogen and oxygen atoms in total. The number of piperidine rings is 1. The minimum absolute atomic E-state index is 0.00513. The van der Waals surface area contributed by atoms with E-state index in [1.165, 1.54) is 0 Å². The first-order valence-electron chi connectivity index (χ1n) is 10.8. The lowest BCUT2D eigenvalue weighted by Crippen LogP contribution is -2.52. The highest BCUT2D eigenvalue weighted by Gasteiger charge is 2.43. The Kier molecular flexibility index (Phi) is 5.90. The lowest BCUT2D eigenvalue weighted by molar-refractivity contribution is -0.00581. The molecule has 0 saturated carbocycles. The van der Waals surface area contributed by atoms with E-state index < -0.39 is 5.60 Å². The topological polar surface area (TPSA) is 65.1 Å². The van der Waals surface area contributed by atoms with E-state index in [0.717, 1.165) is 5.75 Å². The molecule has 1 amide bonds. The summed E-state index contributed by atoms with van der Waals surface area (Å²) in [4.78, 5) is 27.5. The molecule has 4 rings (SSSR count). The summed E-state index contributed by atoms with van der Waals surface area (Å²) in [6.45, 7) is 5.95. The van der Waals surface area contributed by atoms with Crippen molar-refractivity contribution in [1.29, 1.82) is 0 Å². The largest absolute Gasteiger partial charge is 0.497 e. The first-order valence-corrected chi connectivity index (χ1v) is 10.8. The number of hydrogen-bond acceptors (Lipinski definition) is 5. The van der Waals surface area contributed by atoms with Crippen molar-refractivity contribution < 1.29 is 23.8 Å². The number of fused-ring (bicyclic) bond motifs is 1. The zero-order chi connectivity index (χ0) is 22.0. The quantitative estimate of drug-likeness (QED) is 0.715.